The third-order valence-electron chi connectivity index (χ3n) is 3.60. The molecule has 21 heavy (non-hydrogen) atoms. The molecule has 0 spiro atoms. The van der Waals surface area contributed by atoms with Gasteiger partial charge in [-0.1, -0.05) is 0 Å². The lowest BCUT2D eigenvalue weighted by molar-refractivity contribution is 0.0844. The summed E-state index contributed by atoms with van der Waals surface area (Å²) in [5, 5.41) is 0.575. The minimum Gasteiger partial charge on any atom is -0.361 e. The minimum atomic E-state index is -0.513. The summed E-state index contributed by atoms with van der Waals surface area (Å²) in [6.07, 6.45) is 0. The molecular formula is C14H12N2O5. The topological polar surface area (TPSA) is 87.4 Å². The third kappa shape index (κ3) is 1.71. The first-order valence-corrected chi connectivity index (χ1v) is 6.41. The number of nitrogens with zero attached hydrogens (tertiary/aromatic N) is 2. The Labute approximate surface area is 117 Å². The van der Waals surface area contributed by atoms with Gasteiger partial charge < -0.3 is 4.74 Å². The second-order valence-electron chi connectivity index (χ2n) is 4.77. The number of benzene rings is 1. The van der Waals surface area contributed by atoms with Crippen LogP contribution >= 0.6 is 0 Å². The Kier molecular flexibility index (Phi) is 2.87. The Morgan fingerprint density at radius 1 is 0.857 bits per heavy atom. The van der Waals surface area contributed by atoms with Crippen molar-refractivity contribution < 1.29 is 4.74 Å². The van der Waals surface area contributed by atoms with Crippen molar-refractivity contribution in [3.63, 3.8) is 0 Å². The van der Waals surface area contributed by atoms with Crippen LogP contribution in [0.4, 0.5) is 0 Å². The van der Waals surface area contributed by atoms with Crippen molar-refractivity contribution in [1.29, 1.82) is 0 Å². The molecule has 0 fully saturated rings. The van der Waals surface area contributed by atoms with E-state index in [0.717, 1.165) is 9.13 Å². The monoisotopic (exact) mass is 288 g/mol. The lowest BCUT2D eigenvalue weighted by atomic mass is 10.1. The largest absolute Gasteiger partial charge is 0.361 e. The van der Waals surface area contributed by atoms with Gasteiger partial charge in [-0.3, -0.25) is 23.7 Å². The van der Waals surface area contributed by atoms with Crippen molar-refractivity contribution in [3.05, 3.63) is 53.5 Å². The zero-order chi connectivity index (χ0) is 15.3. The molecule has 2 aromatic heterocycles. The van der Waals surface area contributed by atoms with Gasteiger partial charge in [0, 0.05) is 13.7 Å². The van der Waals surface area contributed by atoms with E-state index in [4.69, 9.17) is 4.74 Å². The summed E-state index contributed by atoms with van der Waals surface area (Å²) in [6.45, 7) is 1.97. The molecule has 3 aromatic rings. The highest BCUT2D eigenvalue weighted by atomic mass is 16.5. The van der Waals surface area contributed by atoms with E-state index in [2.05, 4.69) is 0 Å². The number of hydrogen-bond acceptors (Lipinski definition) is 5. The molecular weight excluding hydrogens is 276 g/mol. The van der Waals surface area contributed by atoms with E-state index in [1.165, 1.54) is 19.2 Å². The molecule has 0 bridgehead atoms. The molecule has 0 amide bonds. The molecule has 2 heterocycles. The van der Waals surface area contributed by atoms with Gasteiger partial charge in [0.1, 0.15) is 6.73 Å². The minimum absolute atomic E-state index is 0.134. The molecule has 108 valence electrons. The summed E-state index contributed by atoms with van der Waals surface area (Å²) in [4.78, 5) is 48.2. The van der Waals surface area contributed by atoms with Gasteiger partial charge in [-0.05, 0) is 19.1 Å². The smallest absolute Gasteiger partial charge is 0.263 e. The van der Waals surface area contributed by atoms with E-state index in [9.17, 15) is 19.2 Å². The number of hydrogen-bond donors (Lipinski definition) is 0. The fourth-order valence-corrected chi connectivity index (χ4v) is 2.44. The van der Waals surface area contributed by atoms with Gasteiger partial charge >= 0.3 is 0 Å². The third-order valence-corrected chi connectivity index (χ3v) is 3.60. The predicted molar refractivity (Wildman–Crippen MR) is 77.5 cm³/mol. The summed E-state index contributed by atoms with van der Waals surface area (Å²) < 4.78 is 7.02. The van der Waals surface area contributed by atoms with Crippen molar-refractivity contribution in [2.75, 3.05) is 6.61 Å². The van der Waals surface area contributed by atoms with Gasteiger partial charge in [0.2, 0.25) is 0 Å². The molecule has 0 aliphatic heterocycles. The SMILES string of the molecule is CCOCn1c(=O)c2cc3c(=O)n(C)c(=O)c3cc2c1=O. The maximum Gasteiger partial charge on any atom is 0.263 e. The van der Waals surface area contributed by atoms with Gasteiger partial charge in [0.05, 0.1) is 21.5 Å². The Bertz CT molecular complexity index is 985. The van der Waals surface area contributed by atoms with Crippen molar-refractivity contribution in [2.45, 2.75) is 13.7 Å². The van der Waals surface area contributed by atoms with Crippen LogP contribution in [0, 0.1) is 0 Å². The summed E-state index contributed by atoms with van der Waals surface area (Å²) in [5.74, 6) is 0. The molecule has 1 aromatic carbocycles. The molecule has 3 rings (SSSR count). The van der Waals surface area contributed by atoms with Crippen LogP contribution in [0.15, 0.2) is 31.3 Å². The van der Waals surface area contributed by atoms with Crippen LogP contribution in [-0.4, -0.2) is 15.7 Å². The van der Waals surface area contributed by atoms with Crippen LogP contribution in [0.25, 0.3) is 21.5 Å². The molecule has 0 atom stereocenters. The Morgan fingerprint density at radius 3 is 1.71 bits per heavy atom. The number of aromatic nitrogens is 2. The highest BCUT2D eigenvalue weighted by Crippen LogP contribution is 2.14. The summed E-state index contributed by atoms with van der Waals surface area (Å²) in [5.41, 5.74) is -1.97. The average molecular weight is 288 g/mol. The Hall–Kier alpha value is -2.54. The van der Waals surface area contributed by atoms with E-state index in [-0.39, 0.29) is 28.3 Å². The zero-order valence-electron chi connectivity index (χ0n) is 11.5. The van der Waals surface area contributed by atoms with Crippen molar-refractivity contribution >= 4 is 21.5 Å². The second kappa shape index (κ2) is 4.49. The molecule has 0 N–H and O–H groups in total. The normalized spacial score (nSPS) is 11.7. The molecule has 0 saturated heterocycles. The average Bonchev–Trinajstić information content (AvgIpc) is 2.84. The molecule has 0 radical (unpaired) electrons. The number of rotatable bonds is 3. The highest BCUT2D eigenvalue weighted by Gasteiger charge is 2.18. The highest BCUT2D eigenvalue weighted by molar-refractivity contribution is 5.97. The van der Waals surface area contributed by atoms with Crippen LogP contribution in [0.3, 0.4) is 0 Å². The van der Waals surface area contributed by atoms with Crippen molar-refractivity contribution in [2.24, 2.45) is 7.05 Å². The summed E-state index contributed by atoms with van der Waals surface area (Å²) in [7, 11) is 1.36. The molecule has 0 aliphatic carbocycles. The Morgan fingerprint density at radius 2 is 1.29 bits per heavy atom. The van der Waals surface area contributed by atoms with Crippen molar-refractivity contribution in [1.82, 2.24) is 9.13 Å². The van der Waals surface area contributed by atoms with Crippen molar-refractivity contribution in [3.8, 4) is 0 Å². The van der Waals surface area contributed by atoms with Gasteiger partial charge in [0.15, 0.2) is 0 Å². The zero-order valence-corrected chi connectivity index (χ0v) is 11.5. The van der Waals surface area contributed by atoms with Gasteiger partial charge in [-0.2, -0.15) is 0 Å². The van der Waals surface area contributed by atoms with E-state index in [0.29, 0.717) is 6.61 Å². The second-order valence-corrected chi connectivity index (χ2v) is 4.77. The molecule has 0 saturated carbocycles. The van der Waals surface area contributed by atoms with Gasteiger partial charge in [-0.15, -0.1) is 0 Å². The summed E-state index contributed by atoms with van der Waals surface area (Å²) >= 11 is 0. The molecule has 7 nitrogen and oxygen atoms in total. The first-order chi connectivity index (χ1) is 9.97. The molecule has 0 unspecified atom stereocenters. The van der Waals surface area contributed by atoms with Crippen LogP contribution in [0.2, 0.25) is 0 Å². The number of fused-ring (bicyclic) bond motifs is 2. The van der Waals surface area contributed by atoms with E-state index in [1.807, 2.05) is 0 Å². The predicted octanol–water partition coefficient (Wildman–Crippen LogP) is -0.557. The first-order valence-electron chi connectivity index (χ1n) is 6.41. The van der Waals surface area contributed by atoms with Crippen LogP contribution in [0.1, 0.15) is 6.92 Å². The first kappa shape index (κ1) is 13.4. The quantitative estimate of drug-likeness (QED) is 0.645. The molecule has 7 heteroatoms. The maximum atomic E-state index is 12.2. The van der Waals surface area contributed by atoms with Crippen LogP contribution in [-0.2, 0) is 18.5 Å². The van der Waals surface area contributed by atoms with E-state index >= 15 is 0 Å². The van der Waals surface area contributed by atoms with E-state index < -0.39 is 22.2 Å². The van der Waals surface area contributed by atoms with Crippen LogP contribution in [0.5, 0.6) is 0 Å². The fourth-order valence-electron chi connectivity index (χ4n) is 2.44. The lowest BCUT2D eigenvalue weighted by Crippen LogP contribution is -2.26. The van der Waals surface area contributed by atoms with Crippen LogP contribution < -0.4 is 22.2 Å². The van der Waals surface area contributed by atoms with Gasteiger partial charge in [0.25, 0.3) is 22.2 Å². The fraction of sp³-hybridized carbons (Fsp3) is 0.286. The number of ether oxygens (including phenoxy) is 1. The lowest BCUT2D eigenvalue weighted by Gasteiger charge is -1.98. The maximum absolute atomic E-state index is 12.2. The van der Waals surface area contributed by atoms with Gasteiger partial charge in [-0.25, -0.2) is 4.57 Å². The molecule has 0 aliphatic rings. The standard InChI is InChI=1S/C14H12N2O5/c1-3-21-6-16-13(19)9-4-7-8(5-10(9)14(16)20)12(18)15(2)11(7)17/h4-5H,3,6H2,1-2H3. The Balaban J connectivity index is 2.46. The van der Waals surface area contributed by atoms with E-state index in [1.54, 1.807) is 6.92 Å². The summed E-state index contributed by atoms with van der Waals surface area (Å²) in [6, 6.07) is 2.64.